The number of likely N-dealkylation sites (N-methyl/N-ethyl adjacent to an activating group) is 1. The number of aromatic nitrogens is 1. The first-order valence-electron chi connectivity index (χ1n) is 10.4. The maximum Gasteiger partial charge on any atom is 0.248 e. The lowest BCUT2D eigenvalue weighted by molar-refractivity contribution is -0.141. The summed E-state index contributed by atoms with van der Waals surface area (Å²) >= 11 is 1.41. The highest BCUT2D eigenvalue weighted by Crippen LogP contribution is 2.32. The molecular weight excluding hydrogens is 440 g/mol. The zero-order chi connectivity index (χ0) is 21.7. The summed E-state index contributed by atoms with van der Waals surface area (Å²) < 4.78 is 6.48. The number of nitrogens with zero attached hydrogens (tertiary/aromatic N) is 4. The van der Waals surface area contributed by atoms with E-state index in [4.69, 9.17) is 4.74 Å². The third-order valence-corrected chi connectivity index (χ3v) is 6.22. The summed E-state index contributed by atoms with van der Waals surface area (Å²) in [4.78, 5) is 46.6. The number of imide groups is 1. The molecule has 0 unspecified atom stereocenters. The molecule has 0 spiro atoms. The molecule has 8 nitrogen and oxygen atoms in total. The van der Waals surface area contributed by atoms with Crippen LogP contribution in [0.4, 0.5) is 5.13 Å². The van der Waals surface area contributed by atoms with Crippen molar-refractivity contribution in [1.29, 1.82) is 0 Å². The third-order valence-electron chi connectivity index (χ3n) is 5.17. The fourth-order valence-electron chi connectivity index (χ4n) is 3.39. The van der Waals surface area contributed by atoms with Crippen molar-refractivity contribution < 1.29 is 19.1 Å². The average Bonchev–Trinajstić information content (AvgIpc) is 3.29. The van der Waals surface area contributed by atoms with Crippen molar-refractivity contribution in [1.82, 2.24) is 14.8 Å². The lowest BCUT2D eigenvalue weighted by Crippen LogP contribution is -2.45. The molecule has 1 aromatic carbocycles. The number of thiazole rings is 1. The Bertz CT molecular complexity index is 915. The molecule has 1 aliphatic rings. The van der Waals surface area contributed by atoms with Crippen LogP contribution in [-0.2, 0) is 14.4 Å². The van der Waals surface area contributed by atoms with Crippen molar-refractivity contribution in [2.24, 2.45) is 0 Å². The Labute approximate surface area is 192 Å². The van der Waals surface area contributed by atoms with E-state index in [0.29, 0.717) is 24.8 Å². The van der Waals surface area contributed by atoms with E-state index >= 15 is 0 Å². The van der Waals surface area contributed by atoms with Gasteiger partial charge < -0.3 is 9.64 Å². The summed E-state index contributed by atoms with van der Waals surface area (Å²) in [7, 11) is 0. The van der Waals surface area contributed by atoms with E-state index in [1.807, 2.05) is 25.1 Å². The van der Waals surface area contributed by atoms with Crippen LogP contribution in [0, 0.1) is 0 Å². The van der Waals surface area contributed by atoms with Crippen LogP contribution in [0.25, 0.3) is 10.2 Å². The van der Waals surface area contributed by atoms with Crippen molar-refractivity contribution in [3.05, 3.63) is 18.2 Å². The second kappa shape index (κ2) is 11.4. The molecule has 0 atom stereocenters. The minimum absolute atomic E-state index is 0. The van der Waals surface area contributed by atoms with Gasteiger partial charge in [-0.1, -0.05) is 25.2 Å². The van der Waals surface area contributed by atoms with Crippen LogP contribution in [0.3, 0.4) is 0 Å². The molecule has 2 heterocycles. The first-order chi connectivity index (χ1) is 14.5. The van der Waals surface area contributed by atoms with Gasteiger partial charge in [-0.05, 0) is 38.2 Å². The summed E-state index contributed by atoms with van der Waals surface area (Å²) in [6, 6.07) is 5.65. The second-order valence-corrected chi connectivity index (χ2v) is 8.01. The van der Waals surface area contributed by atoms with Crippen molar-refractivity contribution in [3.63, 3.8) is 0 Å². The number of anilines is 1. The zero-order valence-corrected chi connectivity index (χ0v) is 19.8. The van der Waals surface area contributed by atoms with Gasteiger partial charge in [0, 0.05) is 25.9 Å². The van der Waals surface area contributed by atoms with Crippen LogP contribution < -0.4 is 9.64 Å². The van der Waals surface area contributed by atoms with E-state index in [1.54, 1.807) is 4.90 Å². The van der Waals surface area contributed by atoms with E-state index in [-0.39, 0.29) is 49.5 Å². The van der Waals surface area contributed by atoms with Gasteiger partial charge in [0.2, 0.25) is 17.7 Å². The van der Waals surface area contributed by atoms with E-state index in [0.717, 1.165) is 34.0 Å². The summed E-state index contributed by atoms with van der Waals surface area (Å²) in [5, 5.41) is 0.565. The van der Waals surface area contributed by atoms with E-state index in [1.165, 1.54) is 11.3 Å². The number of hydrogen-bond acceptors (Lipinski definition) is 7. The first-order valence-corrected chi connectivity index (χ1v) is 11.2. The van der Waals surface area contributed by atoms with E-state index in [2.05, 4.69) is 23.7 Å². The predicted octanol–water partition coefficient (Wildman–Crippen LogP) is 2.94. The highest BCUT2D eigenvalue weighted by atomic mass is 35.5. The van der Waals surface area contributed by atoms with Crippen molar-refractivity contribution in [3.8, 4) is 5.75 Å². The SMILES string of the molecule is CCOc1ccc2nc(N(CCN(CC)CC)C(=O)CN3C(=O)CCC3=O)sc2c1.Cl. The largest absolute Gasteiger partial charge is 0.494 e. The number of benzene rings is 1. The molecule has 1 aliphatic heterocycles. The quantitative estimate of drug-likeness (QED) is 0.498. The highest BCUT2D eigenvalue weighted by molar-refractivity contribution is 7.22. The minimum atomic E-state index is -0.296. The maximum absolute atomic E-state index is 13.1. The first kappa shape index (κ1) is 25.0. The highest BCUT2D eigenvalue weighted by Gasteiger charge is 2.32. The van der Waals surface area contributed by atoms with Crippen molar-refractivity contribution in [2.75, 3.05) is 44.2 Å². The Hall–Kier alpha value is -2.23. The van der Waals surface area contributed by atoms with Crippen LogP contribution in [-0.4, -0.2) is 71.8 Å². The van der Waals surface area contributed by atoms with E-state index < -0.39 is 0 Å². The van der Waals surface area contributed by atoms with Gasteiger partial charge in [0.15, 0.2) is 5.13 Å². The number of fused-ring (bicyclic) bond motifs is 1. The Morgan fingerprint density at radius 1 is 1.13 bits per heavy atom. The molecular formula is C21H29ClN4O4S. The Morgan fingerprint density at radius 2 is 1.81 bits per heavy atom. The van der Waals surface area contributed by atoms with Gasteiger partial charge in [-0.15, -0.1) is 12.4 Å². The molecule has 10 heteroatoms. The van der Waals surface area contributed by atoms with Crippen LogP contribution in [0.2, 0.25) is 0 Å². The van der Waals surface area contributed by atoms with Gasteiger partial charge in [-0.3, -0.25) is 24.2 Å². The number of halogens is 1. The minimum Gasteiger partial charge on any atom is -0.494 e. The molecule has 1 fully saturated rings. The summed E-state index contributed by atoms with van der Waals surface area (Å²) in [5.41, 5.74) is 0.785. The molecule has 0 radical (unpaired) electrons. The van der Waals surface area contributed by atoms with Gasteiger partial charge in [0.05, 0.1) is 16.8 Å². The number of ether oxygens (including phenoxy) is 1. The monoisotopic (exact) mass is 468 g/mol. The molecule has 31 heavy (non-hydrogen) atoms. The summed E-state index contributed by atoms with van der Waals surface area (Å²) in [5.74, 6) is -0.116. The van der Waals surface area contributed by atoms with Crippen LogP contribution in [0.1, 0.15) is 33.6 Å². The lowest BCUT2D eigenvalue weighted by Gasteiger charge is -2.26. The molecule has 1 saturated heterocycles. The normalized spacial score (nSPS) is 13.7. The smallest absolute Gasteiger partial charge is 0.248 e. The van der Waals surface area contributed by atoms with Gasteiger partial charge >= 0.3 is 0 Å². The summed E-state index contributed by atoms with van der Waals surface area (Å²) in [6.07, 6.45) is 0.347. The topological polar surface area (TPSA) is 83.1 Å². The molecule has 3 amide bonds. The number of amides is 3. The molecule has 0 aliphatic carbocycles. The van der Waals surface area contributed by atoms with E-state index in [9.17, 15) is 14.4 Å². The van der Waals surface area contributed by atoms with Gasteiger partial charge in [-0.25, -0.2) is 4.98 Å². The Balaban J connectivity index is 0.00000341. The third kappa shape index (κ3) is 5.93. The second-order valence-electron chi connectivity index (χ2n) is 7.00. The lowest BCUT2D eigenvalue weighted by atomic mass is 10.3. The Morgan fingerprint density at radius 3 is 2.42 bits per heavy atom. The van der Waals surface area contributed by atoms with Crippen LogP contribution in [0.5, 0.6) is 5.75 Å². The molecule has 1 aromatic heterocycles. The van der Waals surface area contributed by atoms with Crippen molar-refractivity contribution >= 4 is 56.8 Å². The van der Waals surface area contributed by atoms with Gasteiger partial charge in [-0.2, -0.15) is 0 Å². The molecule has 0 N–H and O–H groups in total. The zero-order valence-electron chi connectivity index (χ0n) is 18.1. The average molecular weight is 469 g/mol. The molecule has 3 rings (SSSR count). The standard InChI is InChI=1S/C21H28N4O4S.ClH/c1-4-23(5-2)11-12-24(20(28)14-25-18(26)9-10-19(25)27)21-22-16-8-7-15(29-6-3)13-17(16)30-21;/h7-8,13H,4-6,9-12,14H2,1-3H3;1H. The van der Waals surface area contributed by atoms with Gasteiger partial charge in [0.1, 0.15) is 12.3 Å². The predicted molar refractivity (Wildman–Crippen MR) is 124 cm³/mol. The van der Waals surface area contributed by atoms with Crippen LogP contribution in [0.15, 0.2) is 18.2 Å². The van der Waals surface area contributed by atoms with Crippen LogP contribution >= 0.6 is 23.7 Å². The fourth-order valence-corrected chi connectivity index (χ4v) is 4.43. The molecule has 170 valence electrons. The number of hydrogen-bond donors (Lipinski definition) is 0. The number of carbonyl (C=O) groups excluding carboxylic acids is 3. The van der Waals surface area contributed by atoms with Crippen molar-refractivity contribution in [2.45, 2.75) is 33.6 Å². The number of rotatable bonds is 10. The molecule has 0 saturated carbocycles. The maximum atomic E-state index is 13.1. The Kier molecular flexibility index (Phi) is 9.21. The number of likely N-dealkylation sites (tertiary alicyclic amines) is 1. The number of carbonyl (C=O) groups is 3. The fraction of sp³-hybridized carbons (Fsp3) is 0.524. The molecule has 2 aromatic rings. The summed E-state index contributed by atoms with van der Waals surface area (Å²) in [6.45, 7) is 9.28. The van der Waals surface area contributed by atoms with Gasteiger partial charge in [0.25, 0.3) is 0 Å². The molecule has 0 bridgehead atoms.